The van der Waals surface area contributed by atoms with Gasteiger partial charge in [-0.05, 0) is 30.7 Å². The number of aromatic nitrogens is 1. The van der Waals surface area contributed by atoms with Crippen LogP contribution in [0, 0.1) is 17.2 Å². The molecule has 3 rings (SSSR count). The van der Waals surface area contributed by atoms with Crippen molar-refractivity contribution >= 4 is 23.3 Å². The lowest BCUT2D eigenvalue weighted by Crippen LogP contribution is -2.49. The van der Waals surface area contributed by atoms with Gasteiger partial charge in [0, 0.05) is 25.1 Å². The summed E-state index contributed by atoms with van der Waals surface area (Å²) in [5.74, 6) is -0.0546. The molecule has 1 aliphatic rings. The van der Waals surface area contributed by atoms with Crippen molar-refractivity contribution < 1.29 is 9.59 Å². The van der Waals surface area contributed by atoms with Gasteiger partial charge in [0.1, 0.15) is 11.9 Å². The summed E-state index contributed by atoms with van der Waals surface area (Å²) in [6.07, 6.45) is 1.50. The van der Waals surface area contributed by atoms with Gasteiger partial charge in [-0.25, -0.2) is 4.98 Å². The molecular formula is C20H21N5O2. The van der Waals surface area contributed by atoms with Gasteiger partial charge in [0.25, 0.3) is 5.91 Å². The Labute approximate surface area is 157 Å². The molecule has 2 aromatic rings. The first kappa shape index (κ1) is 18.4. The maximum absolute atomic E-state index is 12.3. The smallest absolute Gasteiger partial charge is 0.250 e. The SMILES string of the molecule is CC(=O)N1c2c(C(N)=O)cccc2C(Nc2ccc(C#N)cn2)C(C)C1C. The van der Waals surface area contributed by atoms with E-state index in [1.54, 1.807) is 29.2 Å². The lowest BCUT2D eigenvalue weighted by atomic mass is 9.81. The van der Waals surface area contributed by atoms with E-state index in [1.807, 2.05) is 26.0 Å². The minimum absolute atomic E-state index is 0.0435. The van der Waals surface area contributed by atoms with Gasteiger partial charge in [0.2, 0.25) is 5.91 Å². The van der Waals surface area contributed by atoms with Gasteiger partial charge < -0.3 is 16.0 Å². The molecule has 1 aromatic carbocycles. The van der Waals surface area contributed by atoms with Crippen LogP contribution in [0.25, 0.3) is 0 Å². The third-order valence-corrected chi connectivity index (χ3v) is 5.14. The molecular weight excluding hydrogens is 342 g/mol. The number of primary amides is 1. The molecule has 0 fully saturated rings. The molecule has 0 spiro atoms. The van der Waals surface area contributed by atoms with Crippen molar-refractivity contribution in [3.8, 4) is 6.07 Å². The van der Waals surface area contributed by atoms with E-state index in [-0.39, 0.29) is 23.9 Å². The highest BCUT2D eigenvalue weighted by atomic mass is 16.2. The Hall–Kier alpha value is -3.40. The molecule has 1 aliphatic heterocycles. The van der Waals surface area contributed by atoms with Crippen molar-refractivity contribution in [3.05, 3.63) is 53.2 Å². The van der Waals surface area contributed by atoms with Crippen molar-refractivity contribution in [2.24, 2.45) is 11.7 Å². The Balaban J connectivity index is 2.11. The van der Waals surface area contributed by atoms with Crippen LogP contribution in [0.4, 0.5) is 11.5 Å². The number of nitrogens with one attached hydrogen (secondary N) is 1. The first-order valence-electron chi connectivity index (χ1n) is 8.70. The van der Waals surface area contributed by atoms with Crippen LogP contribution < -0.4 is 16.0 Å². The number of fused-ring (bicyclic) bond motifs is 1. The molecule has 0 saturated carbocycles. The molecule has 27 heavy (non-hydrogen) atoms. The number of para-hydroxylation sites is 1. The molecule has 138 valence electrons. The first-order valence-corrected chi connectivity index (χ1v) is 8.70. The van der Waals surface area contributed by atoms with E-state index < -0.39 is 5.91 Å². The summed E-state index contributed by atoms with van der Waals surface area (Å²) in [5.41, 5.74) is 7.74. The fourth-order valence-electron chi connectivity index (χ4n) is 3.64. The Morgan fingerprint density at radius 1 is 1.26 bits per heavy atom. The van der Waals surface area contributed by atoms with E-state index in [0.29, 0.717) is 22.6 Å². The highest BCUT2D eigenvalue weighted by Crippen LogP contribution is 2.43. The number of rotatable bonds is 3. The summed E-state index contributed by atoms with van der Waals surface area (Å²) in [6.45, 7) is 5.48. The Morgan fingerprint density at radius 2 is 2.00 bits per heavy atom. The molecule has 0 saturated heterocycles. The molecule has 1 aromatic heterocycles. The zero-order valence-electron chi connectivity index (χ0n) is 15.4. The number of anilines is 2. The normalized spacial score (nSPS) is 21.1. The summed E-state index contributed by atoms with van der Waals surface area (Å²) < 4.78 is 0. The van der Waals surface area contributed by atoms with Gasteiger partial charge in [-0.1, -0.05) is 19.1 Å². The third-order valence-electron chi connectivity index (χ3n) is 5.14. The van der Waals surface area contributed by atoms with E-state index in [4.69, 9.17) is 11.0 Å². The number of nitrogens with zero attached hydrogens (tertiary/aromatic N) is 3. The second kappa shape index (κ2) is 7.08. The zero-order chi connectivity index (χ0) is 19.7. The molecule has 0 radical (unpaired) electrons. The van der Waals surface area contributed by atoms with Crippen molar-refractivity contribution in [3.63, 3.8) is 0 Å². The highest BCUT2D eigenvalue weighted by Gasteiger charge is 2.40. The molecule has 3 atom stereocenters. The lowest BCUT2D eigenvalue weighted by molar-refractivity contribution is -0.117. The highest BCUT2D eigenvalue weighted by molar-refractivity contribution is 6.05. The van der Waals surface area contributed by atoms with Crippen molar-refractivity contribution in [1.82, 2.24) is 4.98 Å². The summed E-state index contributed by atoms with van der Waals surface area (Å²) in [4.78, 5) is 30.2. The zero-order valence-corrected chi connectivity index (χ0v) is 15.4. The van der Waals surface area contributed by atoms with Crippen LogP contribution in [0.3, 0.4) is 0 Å². The van der Waals surface area contributed by atoms with E-state index in [2.05, 4.69) is 10.3 Å². The molecule has 7 nitrogen and oxygen atoms in total. The number of amides is 2. The van der Waals surface area contributed by atoms with Gasteiger partial charge >= 0.3 is 0 Å². The van der Waals surface area contributed by atoms with Crippen molar-refractivity contribution in [1.29, 1.82) is 5.26 Å². The van der Waals surface area contributed by atoms with Gasteiger partial charge in [0.15, 0.2) is 0 Å². The van der Waals surface area contributed by atoms with Crippen LogP contribution in [0.1, 0.15) is 48.3 Å². The Bertz CT molecular complexity index is 932. The van der Waals surface area contributed by atoms with Crippen LogP contribution in [-0.4, -0.2) is 22.8 Å². The number of nitriles is 1. The fraction of sp³-hybridized carbons (Fsp3) is 0.300. The largest absolute Gasteiger partial charge is 0.366 e. The van der Waals surface area contributed by atoms with E-state index in [0.717, 1.165) is 5.56 Å². The van der Waals surface area contributed by atoms with Crippen molar-refractivity contribution in [2.45, 2.75) is 32.9 Å². The molecule has 2 amide bonds. The Morgan fingerprint density at radius 3 is 2.56 bits per heavy atom. The molecule has 3 unspecified atom stereocenters. The number of hydrogen-bond acceptors (Lipinski definition) is 5. The second-order valence-corrected chi connectivity index (χ2v) is 6.76. The van der Waals surface area contributed by atoms with Gasteiger partial charge in [0.05, 0.1) is 22.9 Å². The van der Waals surface area contributed by atoms with Crippen LogP contribution in [-0.2, 0) is 4.79 Å². The molecule has 0 aliphatic carbocycles. The molecule has 3 N–H and O–H groups in total. The van der Waals surface area contributed by atoms with Crippen LogP contribution in [0.15, 0.2) is 36.5 Å². The third kappa shape index (κ3) is 3.22. The van der Waals surface area contributed by atoms with Crippen LogP contribution in [0.2, 0.25) is 0 Å². The van der Waals surface area contributed by atoms with Crippen molar-refractivity contribution in [2.75, 3.05) is 10.2 Å². The second-order valence-electron chi connectivity index (χ2n) is 6.76. The monoisotopic (exact) mass is 363 g/mol. The van der Waals surface area contributed by atoms with Gasteiger partial charge in [-0.3, -0.25) is 9.59 Å². The Kier molecular flexibility index (Phi) is 4.82. The summed E-state index contributed by atoms with van der Waals surface area (Å²) >= 11 is 0. The van der Waals surface area contributed by atoms with Gasteiger partial charge in [-0.15, -0.1) is 0 Å². The predicted molar refractivity (Wildman–Crippen MR) is 102 cm³/mol. The quantitative estimate of drug-likeness (QED) is 0.870. The summed E-state index contributed by atoms with van der Waals surface area (Å²) in [6, 6.07) is 10.4. The predicted octanol–water partition coefficient (Wildman–Crippen LogP) is 2.60. The maximum atomic E-state index is 12.3. The standard InChI is InChI=1S/C20H21N5O2/c1-11-12(2)25(13(3)26)19-15(5-4-6-16(19)20(22)27)18(11)24-17-8-7-14(9-21)10-23-17/h4-8,10-12,18H,1-3H3,(H2,22,27)(H,23,24). The minimum Gasteiger partial charge on any atom is -0.366 e. The average molecular weight is 363 g/mol. The van der Waals surface area contributed by atoms with E-state index in [1.165, 1.54) is 13.1 Å². The molecule has 7 heteroatoms. The lowest BCUT2D eigenvalue weighted by Gasteiger charge is -2.44. The van der Waals surface area contributed by atoms with Crippen LogP contribution in [0.5, 0.6) is 0 Å². The number of pyridine rings is 1. The molecule has 0 bridgehead atoms. The topological polar surface area (TPSA) is 112 Å². The number of carbonyl (C=O) groups is 2. The minimum atomic E-state index is -0.574. The van der Waals surface area contributed by atoms with E-state index >= 15 is 0 Å². The summed E-state index contributed by atoms with van der Waals surface area (Å²) in [5, 5.41) is 12.3. The van der Waals surface area contributed by atoms with Gasteiger partial charge in [-0.2, -0.15) is 5.26 Å². The number of hydrogen-bond donors (Lipinski definition) is 2. The van der Waals surface area contributed by atoms with Crippen LogP contribution >= 0.6 is 0 Å². The average Bonchev–Trinajstić information content (AvgIpc) is 2.65. The number of carbonyl (C=O) groups excluding carboxylic acids is 2. The first-order chi connectivity index (χ1) is 12.8. The number of benzene rings is 1. The van der Waals surface area contributed by atoms with E-state index in [9.17, 15) is 9.59 Å². The maximum Gasteiger partial charge on any atom is 0.250 e. The fourth-order valence-corrected chi connectivity index (χ4v) is 3.64. The molecule has 2 heterocycles. The number of nitrogens with two attached hydrogens (primary N) is 1. The summed E-state index contributed by atoms with van der Waals surface area (Å²) in [7, 11) is 0.